The van der Waals surface area contributed by atoms with Crippen LogP contribution in [0.3, 0.4) is 0 Å². The maximum Gasteiger partial charge on any atom is 0.501 e. The summed E-state index contributed by atoms with van der Waals surface area (Å²) in [5.74, 6) is 0. The van der Waals surface area contributed by atoms with E-state index < -0.39 is 64.7 Å². The summed E-state index contributed by atoms with van der Waals surface area (Å²) in [6, 6.07) is 0.570. The molecule has 0 amide bonds. The molecule has 2 aromatic rings. The zero-order valence-corrected chi connectivity index (χ0v) is 43.5. The van der Waals surface area contributed by atoms with E-state index in [-0.39, 0.29) is 83.5 Å². The van der Waals surface area contributed by atoms with E-state index in [2.05, 4.69) is 6.58 Å². The molecule has 2 aromatic heterocycles. The maximum absolute atomic E-state index is 12.9. The van der Waals surface area contributed by atoms with Crippen LogP contribution < -0.4 is 34.1 Å². The third kappa shape index (κ3) is 19.5. The van der Waals surface area contributed by atoms with Crippen molar-refractivity contribution in [2.24, 2.45) is 0 Å². The van der Waals surface area contributed by atoms with E-state index in [0.717, 1.165) is 27.4 Å². The number of rotatable bonds is 34. The van der Waals surface area contributed by atoms with Crippen LogP contribution in [0, 0.1) is 0 Å². The Morgan fingerprint density at radius 1 is 0.557 bits per heavy atom. The van der Waals surface area contributed by atoms with Crippen molar-refractivity contribution in [2.45, 2.75) is 130 Å². The molecule has 4 saturated heterocycles. The molecule has 0 spiro atoms. The van der Waals surface area contributed by atoms with Crippen LogP contribution in [-0.2, 0) is 94.2 Å². The van der Waals surface area contributed by atoms with Crippen molar-refractivity contribution in [3.8, 4) is 0 Å². The fraction of sp³-hybridized carbons (Fsp3) is 0.810. The van der Waals surface area contributed by atoms with Gasteiger partial charge in [-0.3, -0.25) is 0 Å². The lowest BCUT2D eigenvalue weighted by molar-refractivity contribution is 0.0231. The van der Waals surface area contributed by atoms with Crippen molar-refractivity contribution in [3.05, 3.63) is 75.6 Å². The standard InChI is InChI=1S/C21H37N3O10Si.C15H21N3O7.C6H16O3Si/c1-4-32-35(33-5-2,34-6-3)9-7-8-29-13-16(25)10-22-19(26)23(11-17-14-30-17)21(28)24(20(22)27)12-18-15-31-18;1-2-3-23-7-10(19)4-16-13(20)17(5-11-8-24-11)15(22)18(14(16)21)6-12-9-25-12;1-4-7-10(8-5-2)9-6-3/h16-18,25H,4-15H2,1-3H3;2,10-12,19H,1,3-9H2;10H,4-6H2,1-3H3. The van der Waals surface area contributed by atoms with E-state index in [0.29, 0.717) is 85.1 Å². The monoisotopic (exact) mass is 1040 g/mol. The van der Waals surface area contributed by atoms with E-state index in [1.54, 1.807) is 0 Å². The second kappa shape index (κ2) is 30.5. The van der Waals surface area contributed by atoms with Gasteiger partial charge in [-0.15, -0.1) is 6.58 Å². The first-order valence-corrected chi connectivity index (χ1v) is 27.3. The molecule has 4 aliphatic heterocycles. The van der Waals surface area contributed by atoms with Crippen molar-refractivity contribution in [1.29, 1.82) is 0 Å². The van der Waals surface area contributed by atoms with Gasteiger partial charge in [-0.25, -0.2) is 56.2 Å². The first kappa shape index (κ1) is 59.0. The molecule has 6 atom stereocenters. The molecule has 0 bridgehead atoms. The average Bonchev–Trinajstić information content (AvgIpc) is 4.10. The summed E-state index contributed by atoms with van der Waals surface area (Å²) in [5.41, 5.74) is -4.46. The Kier molecular flexibility index (Phi) is 25.7. The average molecular weight is 1040 g/mol. The molecule has 400 valence electrons. The molecule has 4 fully saturated rings. The quantitative estimate of drug-likeness (QED) is 0.0308. The Morgan fingerprint density at radius 3 is 1.16 bits per heavy atom. The Bertz CT molecular complexity index is 2110. The van der Waals surface area contributed by atoms with Crippen LogP contribution in [0.5, 0.6) is 0 Å². The minimum atomic E-state index is -2.77. The third-order valence-corrected chi connectivity index (χ3v) is 15.3. The molecule has 70 heavy (non-hydrogen) atoms. The van der Waals surface area contributed by atoms with Gasteiger partial charge >= 0.3 is 52.5 Å². The smallest absolute Gasteiger partial charge is 0.389 e. The highest BCUT2D eigenvalue weighted by molar-refractivity contribution is 6.60. The van der Waals surface area contributed by atoms with Gasteiger partial charge in [0.15, 0.2) is 0 Å². The minimum absolute atomic E-state index is 0.0567. The second-order valence-corrected chi connectivity index (χ2v) is 20.4. The van der Waals surface area contributed by atoms with Crippen molar-refractivity contribution < 1.29 is 65.2 Å². The van der Waals surface area contributed by atoms with Gasteiger partial charge in [-0.1, -0.05) is 6.08 Å². The number of epoxide rings is 4. The Labute approximate surface area is 408 Å². The highest BCUT2D eigenvalue weighted by atomic mass is 28.4. The Balaban J connectivity index is 0.000000264. The molecular formula is C42H74N6O20Si2. The highest BCUT2D eigenvalue weighted by Crippen LogP contribution is 2.18. The number of nitrogens with zero attached hydrogens (tertiary/aromatic N) is 6. The predicted molar refractivity (Wildman–Crippen MR) is 253 cm³/mol. The number of aliphatic hydroxyl groups is 2. The molecule has 0 radical (unpaired) electrons. The Hall–Kier alpha value is -3.57. The van der Waals surface area contributed by atoms with Crippen LogP contribution in [0.25, 0.3) is 0 Å². The summed E-state index contributed by atoms with van der Waals surface area (Å²) >= 11 is 0. The third-order valence-electron chi connectivity index (χ3n) is 10.3. The van der Waals surface area contributed by atoms with Crippen molar-refractivity contribution >= 4 is 18.3 Å². The van der Waals surface area contributed by atoms with E-state index in [1.165, 1.54) is 6.08 Å². The van der Waals surface area contributed by atoms with Gasteiger partial charge in [-0.2, -0.15) is 0 Å². The van der Waals surface area contributed by atoms with Gasteiger partial charge in [0.25, 0.3) is 0 Å². The molecule has 28 heteroatoms. The fourth-order valence-electron chi connectivity index (χ4n) is 6.79. The second-order valence-electron chi connectivity index (χ2n) is 16.1. The lowest BCUT2D eigenvalue weighted by Crippen LogP contribution is -2.56. The molecule has 0 aliphatic carbocycles. The number of aliphatic hydroxyl groups excluding tert-OH is 2. The van der Waals surface area contributed by atoms with Crippen molar-refractivity contribution in [1.82, 2.24) is 27.4 Å². The normalized spacial score (nSPS) is 19.7. The Morgan fingerprint density at radius 2 is 0.871 bits per heavy atom. The number of hydrogen-bond acceptors (Lipinski definition) is 20. The van der Waals surface area contributed by atoms with Crippen LogP contribution in [0.1, 0.15) is 48.0 Å². The summed E-state index contributed by atoms with van der Waals surface area (Å²) in [5, 5.41) is 20.5. The SMILES string of the molecule is C=CCOCC(O)Cn1c(=O)n(CC2CO2)c(=O)n(CC2CO2)c1=O.CCO[SiH](OCC)OCC.CCO[Si](CCCOCC(O)Cn1c(=O)n(CC2CO2)c(=O)n(CC2CO2)c1=O)(OCC)OCC. The van der Waals surface area contributed by atoms with Crippen molar-refractivity contribution in [2.75, 3.05) is 92.5 Å². The van der Waals surface area contributed by atoms with E-state index >= 15 is 0 Å². The van der Waals surface area contributed by atoms with Crippen LogP contribution in [0.4, 0.5) is 0 Å². The summed E-state index contributed by atoms with van der Waals surface area (Å²) in [6.45, 7) is 20.4. The molecular weight excluding hydrogens is 965 g/mol. The van der Waals surface area contributed by atoms with Gasteiger partial charge in [0.05, 0.1) is 122 Å². The molecule has 0 saturated carbocycles. The van der Waals surface area contributed by atoms with Crippen LogP contribution in [0.2, 0.25) is 6.04 Å². The molecule has 4 aliphatic rings. The summed E-state index contributed by atoms with van der Waals surface area (Å²) < 4.78 is 69.8. The predicted octanol–water partition coefficient (Wildman–Crippen LogP) is -2.87. The molecule has 2 N–H and O–H groups in total. The lowest BCUT2D eigenvalue weighted by atomic mass is 10.3. The van der Waals surface area contributed by atoms with Gasteiger partial charge in [0, 0.05) is 52.3 Å². The molecule has 6 rings (SSSR count). The number of hydrogen-bond donors (Lipinski definition) is 2. The summed E-state index contributed by atoms with van der Waals surface area (Å²) in [6.07, 6.45) is -0.944. The molecule has 6 unspecified atom stereocenters. The van der Waals surface area contributed by atoms with Crippen LogP contribution in [-0.4, -0.2) is 185 Å². The minimum Gasteiger partial charge on any atom is -0.389 e. The zero-order chi connectivity index (χ0) is 51.2. The van der Waals surface area contributed by atoms with Crippen molar-refractivity contribution in [3.63, 3.8) is 0 Å². The van der Waals surface area contributed by atoms with Crippen LogP contribution in [0.15, 0.2) is 41.4 Å². The molecule has 26 nitrogen and oxygen atoms in total. The first-order chi connectivity index (χ1) is 33.7. The fourth-order valence-corrected chi connectivity index (χ4v) is 10.5. The maximum atomic E-state index is 12.9. The highest BCUT2D eigenvalue weighted by Gasteiger charge is 2.40. The van der Waals surface area contributed by atoms with Gasteiger partial charge in [0.2, 0.25) is 0 Å². The van der Waals surface area contributed by atoms with E-state index in [9.17, 15) is 39.0 Å². The van der Waals surface area contributed by atoms with Gasteiger partial charge in [-0.05, 0) is 48.0 Å². The van der Waals surface area contributed by atoms with E-state index in [1.807, 2.05) is 41.5 Å². The largest absolute Gasteiger partial charge is 0.501 e. The zero-order valence-electron chi connectivity index (χ0n) is 41.3. The molecule has 0 aromatic carbocycles. The van der Waals surface area contributed by atoms with Gasteiger partial charge < -0.3 is 65.2 Å². The lowest BCUT2D eigenvalue weighted by Gasteiger charge is -2.28. The number of ether oxygens (including phenoxy) is 6. The summed E-state index contributed by atoms with van der Waals surface area (Å²) in [4.78, 5) is 76.1. The van der Waals surface area contributed by atoms with E-state index in [4.69, 9.17) is 55.0 Å². The first-order valence-electron chi connectivity index (χ1n) is 23.9. The molecule has 6 heterocycles. The van der Waals surface area contributed by atoms with Crippen LogP contribution >= 0.6 is 0 Å². The topological polar surface area (TPSA) is 296 Å². The summed E-state index contributed by atoms with van der Waals surface area (Å²) in [7, 11) is -4.50. The number of aromatic nitrogens is 6. The van der Waals surface area contributed by atoms with Gasteiger partial charge in [0.1, 0.15) is 0 Å².